The molecule has 168 valence electrons. The molecule has 32 heavy (non-hydrogen) atoms. The molecule has 0 spiro atoms. The highest BCUT2D eigenvalue weighted by atomic mass is 16.5. The number of benzene rings is 2. The van der Waals surface area contributed by atoms with Crippen molar-refractivity contribution in [2.75, 3.05) is 46.5 Å². The number of methoxy groups -OCH3 is 1. The Labute approximate surface area is 188 Å². The number of nitrogens with one attached hydrogen (secondary N) is 1. The van der Waals surface area contributed by atoms with Crippen molar-refractivity contribution in [3.8, 4) is 17.0 Å². The van der Waals surface area contributed by atoms with Crippen molar-refractivity contribution in [2.24, 2.45) is 0 Å². The van der Waals surface area contributed by atoms with Crippen molar-refractivity contribution in [3.05, 3.63) is 71.9 Å². The molecule has 0 atom stereocenters. The molecule has 3 aromatic rings. The van der Waals surface area contributed by atoms with Gasteiger partial charge in [-0.1, -0.05) is 42.5 Å². The van der Waals surface area contributed by atoms with Gasteiger partial charge in [-0.05, 0) is 30.7 Å². The smallest absolute Gasteiger partial charge is 0.255 e. The van der Waals surface area contributed by atoms with Crippen LogP contribution in [0.25, 0.3) is 11.3 Å². The highest BCUT2D eigenvalue weighted by Gasteiger charge is 2.19. The molecule has 0 unspecified atom stereocenters. The Morgan fingerprint density at radius 1 is 1.12 bits per heavy atom. The summed E-state index contributed by atoms with van der Waals surface area (Å²) in [5, 5.41) is 7.83. The summed E-state index contributed by atoms with van der Waals surface area (Å²) in [6, 6.07) is 17.8. The van der Waals surface area contributed by atoms with E-state index in [1.165, 1.54) is 0 Å². The van der Waals surface area contributed by atoms with Gasteiger partial charge in [-0.25, -0.2) is 0 Å². The fraction of sp³-hybridized carbons (Fsp3) is 0.360. The summed E-state index contributed by atoms with van der Waals surface area (Å²) < 4.78 is 12.6. The standard InChI is InChI=1S/C25H30N4O3/c1-31-22-10-5-9-21(17-22)24-23(19-29(27-24)18-20-7-3-2-4-8-20)25(30)26-11-6-12-28-13-15-32-16-14-28/h2-5,7-10,17,19H,6,11-16,18H2,1H3,(H,26,30). The maximum absolute atomic E-state index is 13.1. The first kappa shape index (κ1) is 22.0. The van der Waals surface area contributed by atoms with Crippen LogP contribution in [0.4, 0.5) is 0 Å². The monoisotopic (exact) mass is 434 g/mol. The van der Waals surface area contributed by atoms with Gasteiger partial charge < -0.3 is 14.8 Å². The van der Waals surface area contributed by atoms with Gasteiger partial charge in [0, 0.05) is 31.4 Å². The van der Waals surface area contributed by atoms with E-state index >= 15 is 0 Å². The summed E-state index contributed by atoms with van der Waals surface area (Å²) >= 11 is 0. The minimum Gasteiger partial charge on any atom is -0.497 e. The Bertz CT molecular complexity index is 1010. The first-order valence-electron chi connectivity index (χ1n) is 11.1. The zero-order chi connectivity index (χ0) is 22.2. The third-order valence-electron chi connectivity index (χ3n) is 5.58. The Hall–Kier alpha value is -3.16. The zero-order valence-electron chi connectivity index (χ0n) is 18.5. The van der Waals surface area contributed by atoms with E-state index in [0.717, 1.165) is 56.1 Å². The van der Waals surface area contributed by atoms with Crippen molar-refractivity contribution in [2.45, 2.75) is 13.0 Å². The Kier molecular flexibility index (Phi) is 7.53. The number of carbonyl (C=O) groups is 1. The van der Waals surface area contributed by atoms with Gasteiger partial charge in [-0.15, -0.1) is 0 Å². The average molecular weight is 435 g/mol. The lowest BCUT2D eigenvalue weighted by atomic mass is 10.1. The summed E-state index contributed by atoms with van der Waals surface area (Å²) in [4.78, 5) is 15.5. The van der Waals surface area contributed by atoms with E-state index < -0.39 is 0 Å². The SMILES string of the molecule is COc1cccc(-c2nn(Cc3ccccc3)cc2C(=O)NCCCN2CCOCC2)c1. The minimum absolute atomic E-state index is 0.107. The first-order valence-corrected chi connectivity index (χ1v) is 11.1. The number of hydrogen-bond acceptors (Lipinski definition) is 5. The Morgan fingerprint density at radius 2 is 1.94 bits per heavy atom. The van der Waals surface area contributed by atoms with Crippen LogP contribution in [0, 0.1) is 0 Å². The van der Waals surface area contributed by atoms with Crippen LogP contribution in [-0.4, -0.2) is 67.1 Å². The number of morpholine rings is 1. The molecule has 1 aliphatic rings. The summed E-state index contributed by atoms with van der Waals surface area (Å²) in [6.07, 6.45) is 2.73. The molecule has 2 aromatic carbocycles. The van der Waals surface area contributed by atoms with Gasteiger partial charge in [0.05, 0.1) is 32.4 Å². The van der Waals surface area contributed by atoms with Crippen LogP contribution < -0.4 is 10.1 Å². The number of hydrogen-bond donors (Lipinski definition) is 1. The largest absolute Gasteiger partial charge is 0.497 e. The van der Waals surface area contributed by atoms with Crippen LogP contribution in [0.5, 0.6) is 5.75 Å². The van der Waals surface area contributed by atoms with Crippen LogP contribution in [0.15, 0.2) is 60.8 Å². The van der Waals surface area contributed by atoms with E-state index in [1.54, 1.807) is 7.11 Å². The number of ether oxygens (including phenoxy) is 2. The van der Waals surface area contributed by atoms with Gasteiger partial charge in [0.25, 0.3) is 5.91 Å². The van der Waals surface area contributed by atoms with Crippen LogP contribution in [0.1, 0.15) is 22.3 Å². The molecule has 0 aliphatic carbocycles. The molecule has 0 radical (unpaired) electrons. The molecule has 7 nitrogen and oxygen atoms in total. The van der Waals surface area contributed by atoms with Crippen LogP contribution >= 0.6 is 0 Å². The normalized spacial score (nSPS) is 14.3. The topological polar surface area (TPSA) is 68.6 Å². The third-order valence-corrected chi connectivity index (χ3v) is 5.58. The molecule has 2 heterocycles. The van der Waals surface area contributed by atoms with Crippen molar-refractivity contribution >= 4 is 5.91 Å². The second-order valence-electron chi connectivity index (χ2n) is 7.87. The molecule has 1 aliphatic heterocycles. The molecular weight excluding hydrogens is 404 g/mol. The number of aromatic nitrogens is 2. The maximum atomic E-state index is 13.1. The van der Waals surface area contributed by atoms with Crippen molar-refractivity contribution in [3.63, 3.8) is 0 Å². The molecule has 7 heteroatoms. The molecule has 1 amide bonds. The summed E-state index contributed by atoms with van der Waals surface area (Å²) in [5.41, 5.74) is 3.21. The molecular formula is C25H30N4O3. The van der Waals surface area contributed by atoms with Crippen molar-refractivity contribution in [1.82, 2.24) is 20.0 Å². The van der Waals surface area contributed by atoms with Gasteiger partial charge in [-0.2, -0.15) is 5.10 Å². The highest BCUT2D eigenvalue weighted by molar-refractivity contribution is 5.99. The Balaban J connectivity index is 1.48. The molecule has 4 rings (SSSR count). The number of carbonyl (C=O) groups excluding carboxylic acids is 1. The highest BCUT2D eigenvalue weighted by Crippen LogP contribution is 2.26. The number of amides is 1. The maximum Gasteiger partial charge on any atom is 0.255 e. The molecule has 1 fully saturated rings. The predicted molar refractivity (Wildman–Crippen MR) is 124 cm³/mol. The molecule has 1 saturated heterocycles. The fourth-order valence-electron chi connectivity index (χ4n) is 3.85. The summed E-state index contributed by atoms with van der Waals surface area (Å²) in [7, 11) is 1.63. The van der Waals surface area contributed by atoms with Gasteiger partial charge in [0.15, 0.2) is 0 Å². The van der Waals surface area contributed by atoms with Gasteiger partial charge >= 0.3 is 0 Å². The molecule has 0 bridgehead atoms. The van der Waals surface area contributed by atoms with Gasteiger partial charge in [0.1, 0.15) is 11.4 Å². The predicted octanol–water partition coefficient (Wildman–Crippen LogP) is 3.06. The minimum atomic E-state index is -0.107. The van der Waals surface area contributed by atoms with E-state index in [9.17, 15) is 4.79 Å². The lowest BCUT2D eigenvalue weighted by Crippen LogP contribution is -2.38. The van der Waals surface area contributed by atoms with E-state index in [4.69, 9.17) is 14.6 Å². The number of nitrogens with zero attached hydrogens (tertiary/aromatic N) is 3. The van der Waals surface area contributed by atoms with E-state index in [2.05, 4.69) is 22.3 Å². The van der Waals surface area contributed by atoms with Crippen LogP contribution in [-0.2, 0) is 11.3 Å². The lowest BCUT2D eigenvalue weighted by Gasteiger charge is -2.26. The van der Waals surface area contributed by atoms with E-state index in [-0.39, 0.29) is 5.91 Å². The second kappa shape index (κ2) is 10.9. The van der Waals surface area contributed by atoms with E-state index in [1.807, 2.05) is 53.3 Å². The summed E-state index contributed by atoms with van der Waals surface area (Å²) in [5.74, 6) is 0.626. The fourth-order valence-corrected chi connectivity index (χ4v) is 3.85. The van der Waals surface area contributed by atoms with E-state index in [0.29, 0.717) is 24.3 Å². The van der Waals surface area contributed by atoms with Crippen molar-refractivity contribution in [1.29, 1.82) is 0 Å². The van der Waals surface area contributed by atoms with Crippen molar-refractivity contribution < 1.29 is 14.3 Å². The third kappa shape index (κ3) is 5.75. The average Bonchev–Trinajstić information content (AvgIpc) is 3.27. The Morgan fingerprint density at radius 3 is 2.72 bits per heavy atom. The summed E-state index contributed by atoms with van der Waals surface area (Å²) in [6.45, 7) is 5.67. The zero-order valence-corrected chi connectivity index (χ0v) is 18.5. The van der Waals surface area contributed by atoms with Crippen LogP contribution in [0.2, 0.25) is 0 Å². The second-order valence-corrected chi connectivity index (χ2v) is 7.87. The van der Waals surface area contributed by atoms with Gasteiger partial charge in [-0.3, -0.25) is 14.4 Å². The molecule has 0 saturated carbocycles. The van der Waals surface area contributed by atoms with Crippen LogP contribution in [0.3, 0.4) is 0 Å². The quantitative estimate of drug-likeness (QED) is 0.524. The molecule has 1 aromatic heterocycles. The van der Waals surface area contributed by atoms with Gasteiger partial charge in [0.2, 0.25) is 0 Å². The molecule has 1 N–H and O–H groups in total. The number of rotatable bonds is 9. The lowest BCUT2D eigenvalue weighted by molar-refractivity contribution is 0.0374. The first-order chi connectivity index (χ1) is 15.7.